The monoisotopic (exact) mass is 916 g/mol. The molecule has 0 fully saturated rings. The highest BCUT2D eigenvalue weighted by atomic mass is 127. The van der Waals surface area contributed by atoms with E-state index in [1.165, 1.54) is 332 Å². The lowest BCUT2D eigenvalue weighted by Gasteiger charge is -2.35. The minimum absolute atomic E-state index is 0. The van der Waals surface area contributed by atoms with Crippen LogP contribution in [0.2, 0.25) is 0 Å². The predicted molar refractivity (Wildman–Crippen MR) is 259 cm³/mol. The molecule has 2 heteroatoms. The zero-order valence-electron chi connectivity index (χ0n) is 40.9. The van der Waals surface area contributed by atoms with Crippen molar-refractivity contribution in [3.8, 4) is 0 Å². The van der Waals surface area contributed by atoms with Crippen LogP contribution < -0.4 is 24.0 Å². The Hall–Kier alpha value is 0.690. The van der Waals surface area contributed by atoms with Gasteiger partial charge in [0.2, 0.25) is 0 Å². The number of rotatable bonds is 51. The third kappa shape index (κ3) is 50.9. The maximum atomic E-state index is 2.64. The number of unbranched alkanes of at least 4 members (excludes halogenated alkanes) is 45. The van der Waals surface area contributed by atoms with E-state index < -0.39 is 0 Å². The van der Waals surface area contributed by atoms with Gasteiger partial charge in [-0.25, -0.2) is 0 Å². The Morgan fingerprint density at radius 1 is 0.175 bits per heavy atom. The van der Waals surface area contributed by atoms with E-state index in [0.717, 1.165) is 0 Å². The first-order valence-corrected chi connectivity index (χ1v) is 27.5. The van der Waals surface area contributed by atoms with Crippen molar-refractivity contribution in [1.29, 1.82) is 0 Å². The Labute approximate surface area is 382 Å². The summed E-state index contributed by atoms with van der Waals surface area (Å²) in [6.07, 6.45) is 70.7. The SMILES string of the molecule is CCCCCCCCCCCCCCCCCC[N+](C)(CCCCCCCCCCCCCCCCCC)CCCCCCCCCCCCCCCCCC.[I-]. The van der Waals surface area contributed by atoms with Crippen LogP contribution in [-0.2, 0) is 0 Å². The van der Waals surface area contributed by atoms with Crippen molar-refractivity contribution in [1.82, 2.24) is 0 Å². The molecular formula is C55H114IN. The average molecular weight is 916 g/mol. The number of hydrogen-bond acceptors (Lipinski definition) is 0. The van der Waals surface area contributed by atoms with Gasteiger partial charge in [0.1, 0.15) is 0 Å². The molecule has 346 valence electrons. The van der Waals surface area contributed by atoms with E-state index in [0.29, 0.717) is 0 Å². The molecule has 0 aliphatic rings. The summed E-state index contributed by atoms with van der Waals surface area (Å²) in [5, 5.41) is 0. The van der Waals surface area contributed by atoms with Gasteiger partial charge in [-0.2, -0.15) is 0 Å². The van der Waals surface area contributed by atoms with Crippen LogP contribution in [0.4, 0.5) is 0 Å². The van der Waals surface area contributed by atoms with Crippen molar-refractivity contribution in [2.24, 2.45) is 0 Å². The van der Waals surface area contributed by atoms with E-state index in [1.807, 2.05) is 0 Å². The topological polar surface area (TPSA) is 0 Å². The van der Waals surface area contributed by atoms with E-state index in [1.54, 1.807) is 0 Å². The van der Waals surface area contributed by atoms with Crippen LogP contribution in [0.5, 0.6) is 0 Å². The Morgan fingerprint density at radius 2 is 0.281 bits per heavy atom. The van der Waals surface area contributed by atoms with Crippen molar-refractivity contribution in [3.63, 3.8) is 0 Å². The molecule has 0 bridgehead atoms. The van der Waals surface area contributed by atoms with E-state index in [4.69, 9.17) is 0 Å². The Kier molecular flexibility index (Phi) is 55.4. The highest BCUT2D eigenvalue weighted by Crippen LogP contribution is 2.19. The number of halogens is 1. The number of quaternary nitrogens is 1. The van der Waals surface area contributed by atoms with Crippen LogP contribution in [0.3, 0.4) is 0 Å². The van der Waals surface area contributed by atoms with Gasteiger partial charge < -0.3 is 28.5 Å². The van der Waals surface area contributed by atoms with Crippen LogP contribution in [0, 0.1) is 0 Å². The Balaban J connectivity index is 0. The van der Waals surface area contributed by atoms with Crippen LogP contribution in [-0.4, -0.2) is 31.2 Å². The smallest absolute Gasteiger partial charge is 0.0784 e. The van der Waals surface area contributed by atoms with Gasteiger partial charge in [-0.1, -0.05) is 290 Å². The molecule has 57 heavy (non-hydrogen) atoms. The van der Waals surface area contributed by atoms with Crippen molar-refractivity contribution < 1.29 is 28.5 Å². The standard InChI is InChI=1S/C55H114N.HI/c1-5-8-11-14-17-20-23-26-29-32-35-38-41-44-47-50-53-56(4,54-51-48-45-42-39-36-33-30-27-24-21-18-15-12-9-6-2)55-52-49-46-43-40-37-34-31-28-25-22-19-16-13-10-7-3;/h5-55H2,1-4H3;1H/q+1;/p-1. The average Bonchev–Trinajstić information content (AvgIpc) is 3.20. The zero-order valence-corrected chi connectivity index (χ0v) is 43.0. The van der Waals surface area contributed by atoms with Crippen molar-refractivity contribution >= 4 is 0 Å². The van der Waals surface area contributed by atoms with Gasteiger partial charge in [-0.15, -0.1) is 0 Å². The molecule has 0 amide bonds. The summed E-state index contributed by atoms with van der Waals surface area (Å²) in [6.45, 7) is 11.3. The van der Waals surface area contributed by atoms with Gasteiger partial charge in [0.25, 0.3) is 0 Å². The van der Waals surface area contributed by atoms with Crippen molar-refractivity contribution in [2.75, 3.05) is 26.7 Å². The quantitative estimate of drug-likeness (QED) is 0.0324. The highest BCUT2D eigenvalue weighted by Gasteiger charge is 2.20. The van der Waals surface area contributed by atoms with Gasteiger partial charge in [0.15, 0.2) is 0 Å². The summed E-state index contributed by atoms with van der Waals surface area (Å²) in [5.74, 6) is 0. The van der Waals surface area contributed by atoms with Crippen LogP contribution >= 0.6 is 0 Å². The number of nitrogens with zero attached hydrogens (tertiary/aromatic N) is 1. The third-order valence-corrected chi connectivity index (χ3v) is 13.7. The largest absolute Gasteiger partial charge is 1.00 e. The second kappa shape index (κ2) is 52.8. The molecule has 0 atom stereocenters. The molecule has 0 saturated carbocycles. The highest BCUT2D eigenvalue weighted by molar-refractivity contribution is 4.55. The lowest BCUT2D eigenvalue weighted by Crippen LogP contribution is -3.00. The molecule has 1 nitrogen and oxygen atoms in total. The summed E-state index contributed by atoms with van der Waals surface area (Å²) in [7, 11) is 2.64. The van der Waals surface area contributed by atoms with Gasteiger partial charge >= 0.3 is 0 Å². The predicted octanol–water partition coefficient (Wildman–Crippen LogP) is 17.2. The molecule has 0 spiro atoms. The molecule has 0 saturated heterocycles. The summed E-state index contributed by atoms with van der Waals surface area (Å²) in [6, 6.07) is 0. The first-order valence-electron chi connectivity index (χ1n) is 27.5. The normalized spacial score (nSPS) is 11.8. The summed E-state index contributed by atoms with van der Waals surface area (Å²) >= 11 is 0. The molecule has 0 aromatic heterocycles. The fourth-order valence-corrected chi connectivity index (χ4v) is 9.46. The molecule has 0 unspecified atom stereocenters. The number of hydrogen-bond donors (Lipinski definition) is 0. The minimum Gasteiger partial charge on any atom is -1.00 e. The molecule has 0 aromatic carbocycles. The molecule has 0 N–H and O–H groups in total. The summed E-state index contributed by atoms with van der Waals surface area (Å²) < 4.78 is 1.37. The fraction of sp³-hybridized carbons (Fsp3) is 1.00. The second-order valence-electron chi connectivity index (χ2n) is 19.7. The zero-order chi connectivity index (χ0) is 40.6. The second-order valence-corrected chi connectivity index (χ2v) is 19.7. The van der Waals surface area contributed by atoms with Crippen LogP contribution in [0.1, 0.15) is 329 Å². The maximum absolute atomic E-state index is 2.64. The molecule has 0 heterocycles. The lowest BCUT2D eigenvalue weighted by molar-refractivity contribution is -0.910. The lowest BCUT2D eigenvalue weighted by atomic mass is 10.0. The van der Waals surface area contributed by atoms with Gasteiger partial charge in [-0.05, 0) is 38.5 Å². The first-order chi connectivity index (χ1) is 27.7. The van der Waals surface area contributed by atoms with E-state index in [9.17, 15) is 0 Å². The molecule has 0 rings (SSSR count). The summed E-state index contributed by atoms with van der Waals surface area (Å²) in [4.78, 5) is 0. The molecular weight excluding hydrogens is 802 g/mol. The molecule has 0 aromatic rings. The fourth-order valence-electron chi connectivity index (χ4n) is 9.46. The first kappa shape index (κ1) is 59.8. The van der Waals surface area contributed by atoms with Crippen LogP contribution in [0.15, 0.2) is 0 Å². The summed E-state index contributed by atoms with van der Waals surface area (Å²) in [5.41, 5.74) is 0. The minimum atomic E-state index is 0. The van der Waals surface area contributed by atoms with Crippen molar-refractivity contribution in [2.45, 2.75) is 329 Å². The Bertz CT molecular complexity index is 589. The van der Waals surface area contributed by atoms with Crippen molar-refractivity contribution in [3.05, 3.63) is 0 Å². The van der Waals surface area contributed by atoms with Crippen LogP contribution in [0.25, 0.3) is 0 Å². The van der Waals surface area contributed by atoms with E-state index >= 15 is 0 Å². The van der Waals surface area contributed by atoms with Gasteiger partial charge in [-0.3, -0.25) is 0 Å². The maximum Gasteiger partial charge on any atom is 0.0784 e. The van der Waals surface area contributed by atoms with Gasteiger partial charge in [0.05, 0.1) is 26.7 Å². The Morgan fingerprint density at radius 3 is 0.404 bits per heavy atom. The third-order valence-electron chi connectivity index (χ3n) is 13.7. The molecule has 0 aliphatic heterocycles. The van der Waals surface area contributed by atoms with E-state index in [-0.39, 0.29) is 24.0 Å². The molecule has 0 aliphatic carbocycles. The van der Waals surface area contributed by atoms with Gasteiger partial charge in [0, 0.05) is 0 Å². The van der Waals surface area contributed by atoms with E-state index in [2.05, 4.69) is 27.8 Å². The molecule has 0 radical (unpaired) electrons.